The third kappa shape index (κ3) is 2.74. The fourth-order valence-corrected chi connectivity index (χ4v) is 2.10. The molecule has 0 radical (unpaired) electrons. The number of nitrogens with zero attached hydrogens (tertiary/aromatic N) is 2. The number of aromatic nitrogens is 1. The summed E-state index contributed by atoms with van der Waals surface area (Å²) in [4.78, 5) is 17.5. The molecule has 2 N–H and O–H groups in total. The number of nitrogens with two attached hydrogens (primary N) is 1. The summed E-state index contributed by atoms with van der Waals surface area (Å²) in [6.07, 6.45) is 0.329. The third-order valence-corrected chi connectivity index (χ3v) is 2.73. The van der Waals surface area contributed by atoms with Gasteiger partial charge in [0, 0.05) is 13.1 Å². The SMILES string of the molecule is CC1CN(c2cccc(C(N)=O)n2)CC(C)O1. The first-order chi connectivity index (χ1) is 8.06. The molecule has 2 rings (SSSR count). The maximum atomic E-state index is 11.1. The molecular weight excluding hydrogens is 218 g/mol. The maximum absolute atomic E-state index is 11.1. The van der Waals surface area contributed by atoms with Crippen LogP contribution in [0.25, 0.3) is 0 Å². The van der Waals surface area contributed by atoms with E-state index in [1.807, 2.05) is 19.9 Å². The molecule has 2 unspecified atom stereocenters. The largest absolute Gasteiger partial charge is 0.372 e. The third-order valence-electron chi connectivity index (χ3n) is 2.73. The van der Waals surface area contributed by atoms with E-state index in [1.54, 1.807) is 12.1 Å². The maximum Gasteiger partial charge on any atom is 0.267 e. The fraction of sp³-hybridized carbons (Fsp3) is 0.500. The van der Waals surface area contributed by atoms with Crippen LogP contribution in [0.4, 0.5) is 5.82 Å². The Morgan fingerprint density at radius 3 is 2.65 bits per heavy atom. The number of hydrogen-bond donors (Lipinski definition) is 1. The van der Waals surface area contributed by atoms with Gasteiger partial charge in [0.2, 0.25) is 0 Å². The molecule has 2 heterocycles. The van der Waals surface area contributed by atoms with Crippen LogP contribution in [0, 0.1) is 0 Å². The van der Waals surface area contributed by atoms with Gasteiger partial charge in [-0.15, -0.1) is 0 Å². The molecular formula is C12H17N3O2. The van der Waals surface area contributed by atoms with Crippen molar-refractivity contribution in [2.24, 2.45) is 5.73 Å². The van der Waals surface area contributed by atoms with Gasteiger partial charge in [0.25, 0.3) is 5.91 Å². The topological polar surface area (TPSA) is 68.5 Å². The van der Waals surface area contributed by atoms with Crippen LogP contribution in [-0.2, 0) is 4.74 Å². The summed E-state index contributed by atoms with van der Waals surface area (Å²) in [5, 5.41) is 0. The summed E-state index contributed by atoms with van der Waals surface area (Å²) < 4.78 is 5.65. The van der Waals surface area contributed by atoms with Gasteiger partial charge in [0.15, 0.2) is 0 Å². The molecule has 17 heavy (non-hydrogen) atoms. The fourth-order valence-electron chi connectivity index (χ4n) is 2.10. The van der Waals surface area contributed by atoms with Gasteiger partial charge in [-0.25, -0.2) is 4.98 Å². The first-order valence-corrected chi connectivity index (χ1v) is 5.73. The molecule has 5 nitrogen and oxygen atoms in total. The molecule has 1 aromatic heterocycles. The lowest BCUT2D eigenvalue weighted by molar-refractivity contribution is -0.00546. The van der Waals surface area contributed by atoms with Gasteiger partial charge in [-0.2, -0.15) is 0 Å². The summed E-state index contributed by atoms with van der Waals surface area (Å²) in [6, 6.07) is 5.31. The number of carbonyl (C=O) groups excluding carboxylic acids is 1. The van der Waals surface area contributed by atoms with Gasteiger partial charge in [-0.05, 0) is 26.0 Å². The summed E-state index contributed by atoms with van der Waals surface area (Å²) in [6.45, 7) is 5.61. The van der Waals surface area contributed by atoms with Gasteiger partial charge < -0.3 is 15.4 Å². The number of ether oxygens (including phenoxy) is 1. The zero-order valence-electron chi connectivity index (χ0n) is 10.1. The van der Waals surface area contributed by atoms with Crippen LogP contribution < -0.4 is 10.6 Å². The average Bonchev–Trinajstić information content (AvgIpc) is 2.28. The Morgan fingerprint density at radius 2 is 2.06 bits per heavy atom. The Kier molecular flexibility index (Phi) is 3.28. The summed E-state index contributed by atoms with van der Waals surface area (Å²) in [7, 11) is 0. The molecule has 0 aromatic carbocycles. The lowest BCUT2D eigenvalue weighted by atomic mass is 10.2. The minimum Gasteiger partial charge on any atom is -0.372 e. The second-order valence-electron chi connectivity index (χ2n) is 4.41. The van der Waals surface area contributed by atoms with E-state index in [-0.39, 0.29) is 12.2 Å². The molecule has 0 aliphatic carbocycles. The summed E-state index contributed by atoms with van der Waals surface area (Å²) in [5.41, 5.74) is 5.52. The molecule has 1 aliphatic rings. The molecule has 1 aliphatic heterocycles. The van der Waals surface area contributed by atoms with Crippen LogP contribution in [-0.4, -0.2) is 36.2 Å². The number of anilines is 1. The van der Waals surface area contributed by atoms with E-state index in [4.69, 9.17) is 10.5 Å². The summed E-state index contributed by atoms with van der Waals surface area (Å²) in [5.74, 6) is 0.282. The number of rotatable bonds is 2. The molecule has 0 spiro atoms. The van der Waals surface area contributed by atoms with Crippen molar-refractivity contribution in [2.45, 2.75) is 26.1 Å². The second kappa shape index (κ2) is 4.71. The van der Waals surface area contributed by atoms with E-state index >= 15 is 0 Å². The Hall–Kier alpha value is -1.62. The molecule has 1 aromatic rings. The lowest BCUT2D eigenvalue weighted by Gasteiger charge is -2.36. The van der Waals surface area contributed by atoms with Crippen molar-refractivity contribution >= 4 is 11.7 Å². The van der Waals surface area contributed by atoms with E-state index in [0.717, 1.165) is 18.9 Å². The predicted molar refractivity (Wildman–Crippen MR) is 65.0 cm³/mol. The first kappa shape index (κ1) is 11.9. The van der Waals surface area contributed by atoms with Crippen LogP contribution >= 0.6 is 0 Å². The number of pyridine rings is 1. The Labute approximate surface area is 101 Å². The smallest absolute Gasteiger partial charge is 0.267 e. The predicted octanol–water partition coefficient (Wildman–Crippen LogP) is 0.794. The van der Waals surface area contributed by atoms with E-state index in [0.29, 0.717) is 5.69 Å². The zero-order valence-corrected chi connectivity index (χ0v) is 10.1. The monoisotopic (exact) mass is 235 g/mol. The molecule has 2 atom stereocenters. The number of primary amides is 1. The highest BCUT2D eigenvalue weighted by molar-refractivity contribution is 5.91. The molecule has 5 heteroatoms. The quantitative estimate of drug-likeness (QED) is 0.823. The highest BCUT2D eigenvalue weighted by atomic mass is 16.5. The van der Waals surface area contributed by atoms with Crippen molar-refractivity contribution in [1.29, 1.82) is 0 Å². The Morgan fingerprint density at radius 1 is 1.41 bits per heavy atom. The van der Waals surface area contributed by atoms with Crippen LogP contribution in [0.3, 0.4) is 0 Å². The molecule has 1 fully saturated rings. The van der Waals surface area contributed by atoms with Crippen molar-refractivity contribution in [3.05, 3.63) is 23.9 Å². The van der Waals surface area contributed by atoms with Crippen LogP contribution in [0.1, 0.15) is 24.3 Å². The van der Waals surface area contributed by atoms with Crippen molar-refractivity contribution in [1.82, 2.24) is 4.98 Å². The lowest BCUT2D eigenvalue weighted by Crippen LogP contribution is -2.46. The number of carbonyl (C=O) groups is 1. The highest BCUT2D eigenvalue weighted by Gasteiger charge is 2.23. The number of hydrogen-bond acceptors (Lipinski definition) is 4. The van der Waals surface area contributed by atoms with E-state index in [1.165, 1.54) is 0 Å². The van der Waals surface area contributed by atoms with Crippen LogP contribution in [0.15, 0.2) is 18.2 Å². The minimum absolute atomic E-state index is 0.165. The standard InChI is InChI=1S/C12H17N3O2/c1-8-6-15(7-9(2)17-8)11-5-3-4-10(14-11)12(13)16/h3-5,8-9H,6-7H2,1-2H3,(H2,13,16). The Balaban J connectivity index is 2.21. The van der Waals surface area contributed by atoms with Crippen LogP contribution in [0.2, 0.25) is 0 Å². The molecule has 0 bridgehead atoms. The minimum atomic E-state index is -0.499. The van der Waals surface area contributed by atoms with Gasteiger partial charge in [0.1, 0.15) is 11.5 Å². The Bertz CT molecular complexity index is 412. The van der Waals surface area contributed by atoms with Gasteiger partial charge in [-0.1, -0.05) is 6.07 Å². The van der Waals surface area contributed by atoms with Crippen molar-refractivity contribution in [2.75, 3.05) is 18.0 Å². The van der Waals surface area contributed by atoms with E-state index in [2.05, 4.69) is 9.88 Å². The first-order valence-electron chi connectivity index (χ1n) is 5.73. The zero-order chi connectivity index (χ0) is 12.4. The van der Waals surface area contributed by atoms with Crippen molar-refractivity contribution in [3.8, 4) is 0 Å². The van der Waals surface area contributed by atoms with Crippen molar-refractivity contribution < 1.29 is 9.53 Å². The summed E-state index contributed by atoms with van der Waals surface area (Å²) >= 11 is 0. The molecule has 0 saturated carbocycles. The average molecular weight is 235 g/mol. The van der Waals surface area contributed by atoms with Crippen molar-refractivity contribution in [3.63, 3.8) is 0 Å². The number of amides is 1. The van der Waals surface area contributed by atoms with Gasteiger partial charge in [0.05, 0.1) is 12.2 Å². The number of morpholine rings is 1. The molecule has 1 amide bonds. The second-order valence-corrected chi connectivity index (χ2v) is 4.41. The van der Waals surface area contributed by atoms with E-state index < -0.39 is 5.91 Å². The molecule has 92 valence electrons. The highest BCUT2D eigenvalue weighted by Crippen LogP contribution is 2.18. The van der Waals surface area contributed by atoms with Gasteiger partial charge in [-0.3, -0.25) is 4.79 Å². The molecule has 1 saturated heterocycles. The van der Waals surface area contributed by atoms with Gasteiger partial charge >= 0.3 is 0 Å². The normalized spacial score (nSPS) is 24.7. The van der Waals surface area contributed by atoms with E-state index in [9.17, 15) is 4.79 Å². The van der Waals surface area contributed by atoms with Crippen LogP contribution in [0.5, 0.6) is 0 Å².